The first kappa shape index (κ1) is 24.4. The summed E-state index contributed by atoms with van der Waals surface area (Å²) in [5, 5.41) is 0. The fraction of sp³-hybridized carbons (Fsp3) is 0.520. The van der Waals surface area contributed by atoms with Gasteiger partial charge in [0.05, 0.1) is 23.7 Å². The zero-order valence-electron chi connectivity index (χ0n) is 19.9. The first-order valence-electron chi connectivity index (χ1n) is 12.3. The molecule has 3 fully saturated rings. The van der Waals surface area contributed by atoms with Gasteiger partial charge in [-0.3, -0.25) is 18.9 Å². The highest BCUT2D eigenvalue weighted by Gasteiger charge is 2.41. The molecule has 3 saturated heterocycles. The van der Waals surface area contributed by atoms with Crippen LogP contribution in [0.5, 0.6) is 0 Å². The van der Waals surface area contributed by atoms with Gasteiger partial charge in [0.2, 0.25) is 0 Å². The van der Waals surface area contributed by atoms with Crippen LogP contribution in [-0.4, -0.2) is 63.1 Å². The Balaban J connectivity index is 1.47. The summed E-state index contributed by atoms with van der Waals surface area (Å²) in [7, 11) is 0. The molecule has 8 nitrogen and oxygen atoms in total. The van der Waals surface area contributed by atoms with Crippen LogP contribution < -0.4 is 10.5 Å². The van der Waals surface area contributed by atoms with Crippen molar-refractivity contribution in [2.75, 3.05) is 37.7 Å². The molecule has 2 aromatic heterocycles. The number of rotatable bonds is 7. The minimum Gasteiger partial charge on any atom is -0.355 e. The summed E-state index contributed by atoms with van der Waals surface area (Å²) in [5.41, 5.74) is 0.777. The van der Waals surface area contributed by atoms with Crippen molar-refractivity contribution in [3.63, 3.8) is 0 Å². The van der Waals surface area contributed by atoms with Crippen molar-refractivity contribution in [2.45, 2.75) is 51.2 Å². The predicted octanol–water partition coefficient (Wildman–Crippen LogP) is 3.82. The van der Waals surface area contributed by atoms with E-state index in [1.165, 1.54) is 16.2 Å². The number of carbonyl (C=O) groups is 1. The van der Waals surface area contributed by atoms with E-state index < -0.39 is 5.79 Å². The van der Waals surface area contributed by atoms with Crippen LogP contribution in [0.4, 0.5) is 5.82 Å². The fourth-order valence-corrected chi connectivity index (χ4v) is 6.11. The van der Waals surface area contributed by atoms with Gasteiger partial charge in [-0.2, -0.15) is 0 Å². The van der Waals surface area contributed by atoms with Crippen molar-refractivity contribution in [3.8, 4) is 0 Å². The molecule has 3 aliphatic rings. The van der Waals surface area contributed by atoms with Crippen LogP contribution in [-0.2, 0) is 14.3 Å². The number of hydrogen-bond donors (Lipinski definition) is 0. The quantitative estimate of drug-likeness (QED) is 0.314. The van der Waals surface area contributed by atoms with Gasteiger partial charge in [0, 0.05) is 38.7 Å². The van der Waals surface area contributed by atoms with Crippen molar-refractivity contribution in [1.29, 1.82) is 0 Å². The largest absolute Gasteiger partial charge is 0.355 e. The Bertz CT molecular complexity index is 1210. The monoisotopic (exact) mass is 514 g/mol. The minimum atomic E-state index is -0.525. The second-order valence-electron chi connectivity index (χ2n) is 9.07. The summed E-state index contributed by atoms with van der Waals surface area (Å²) in [5.74, 6) is -0.0735. The molecule has 1 amide bonds. The predicted molar refractivity (Wildman–Crippen MR) is 142 cm³/mol. The molecular formula is C25H30N4O4S2. The standard InChI is InChI=1S/C25H30N4O4S2/c1-2-3-4-6-12-29-23(31)19(35-24(29)34)17-18-21(26-20-8-5-7-11-28(20)22(18)30)27-13-9-25(10-14-27)32-15-16-33-25/h5,7-8,11,17H,2-4,6,9-10,12-16H2,1H3/b19-17+. The van der Waals surface area contributed by atoms with E-state index in [2.05, 4.69) is 11.8 Å². The van der Waals surface area contributed by atoms with Crippen molar-refractivity contribution >= 4 is 51.7 Å². The number of pyridine rings is 1. The Morgan fingerprint density at radius 1 is 1.14 bits per heavy atom. The fourth-order valence-electron chi connectivity index (χ4n) is 4.82. The van der Waals surface area contributed by atoms with Gasteiger partial charge in [0.1, 0.15) is 15.8 Å². The van der Waals surface area contributed by atoms with Crippen molar-refractivity contribution in [2.24, 2.45) is 0 Å². The number of hydrogen-bond acceptors (Lipinski definition) is 8. The lowest BCUT2D eigenvalue weighted by molar-refractivity contribution is -0.169. The number of nitrogens with zero attached hydrogens (tertiary/aromatic N) is 4. The van der Waals surface area contributed by atoms with Crippen molar-refractivity contribution < 1.29 is 14.3 Å². The zero-order chi connectivity index (χ0) is 24.4. The molecule has 0 aromatic carbocycles. The van der Waals surface area contributed by atoms with Crippen LogP contribution in [0.3, 0.4) is 0 Å². The molecule has 0 radical (unpaired) electrons. The Morgan fingerprint density at radius 3 is 2.66 bits per heavy atom. The third kappa shape index (κ3) is 4.89. The Labute approximate surface area is 214 Å². The van der Waals surface area contributed by atoms with Gasteiger partial charge in [-0.15, -0.1) is 0 Å². The number of piperidine rings is 1. The first-order valence-corrected chi connectivity index (χ1v) is 13.5. The normalized spacial score (nSPS) is 21.2. The van der Waals surface area contributed by atoms with Crippen LogP contribution in [0, 0.1) is 0 Å². The van der Waals surface area contributed by atoms with Crippen LogP contribution in [0.25, 0.3) is 11.7 Å². The summed E-state index contributed by atoms with van der Waals surface area (Å²) in [6.07, 6.45) is 9.04. The molecule has 0 N–H and O–H groups in total. The highest BCUT2D eigenvalue weighted by atomic mass is 32.2. The number of anilines is 1. The van der Waals surface area contributed by atoms with Gasteiger partial charge in [-0.25, -0.2) is 4.98 Å². The highest BCUT2D eigenvalue weighted by Crippen LogP contribution is 2.36. The third-order valence-corrected chi connectivity index (χ3v) is 8.15. The van der Waals surface area contributed by atoms with E-state index >= 15 is 0 Å². The third-order valence-electron chi connectivity index (χ3n) is 6.77. The van der Waals surface area contributed by atoms with Gasteiger partial charge >= 0.3 is 0 Å². The molecule has 0 unspecified atom stereocenters. The summed E-state index contributed by atoms with van der Waals surface area (Å²) < 4.78 is 13.8. The maximum Gasteiger partial charge on any atom is 0.267 e. The average Bonchev–Trinajstić information content (AvgIpc) is 3.43. The lowest BCUT2D eigenvalue weighted by Crippen LogP contribution is -2.46. The Hall–Kier alpha value is -2.27. The van der Waals surface area contributed by atoms with E-state index in [-0.39, 0.29) is 11.5 Å². The number of thiocarbonyl (C=S) groups is 1. The van der Waals surface area contributed by atoms with E-state index in [4.69, 9.17) is 26.7 Å². The smallest absolute Gasteiger partial charge is 0.267 e. The molecule has 3 aliphatic heterocycles. The second kappa shape index (κ2) is 10.4. The molecule has 0 saturated carbocycles. The number of amides is 1. The Morgan fingerprint density at radius 2 is 1.91 bits per heavy atom. The average molecular weight is 515 g/mol. The van der Waals surface area contributed by atoms with Crippen LogP contribution in [0.15, 0.2) is 34.1 Å². The number of unbranched alkanes of at least 4 members (excludes halogenated alkanes) is 3. The van der Waals surface area contributed by atoms with Gasteiger partial charge in [-0.05, 0) is 24.6 Å². The zero-order valence-corrected chi connectivity index (χ0v) is 21.5. The number of carbonyl (C=O) groups excluding carboxylic acids is 1. The molecule has 1 spiro atoms. The molecule has 10 heteroatoms. The SMILES string of the molecule is CCCCCCN1C(=O)/C(=C\c2c(N3CCC4(CC3)OCCO4)nc3ccccn3c2=O)SC1=S. The summed E-state index contributed by atoms with van der Waals surface area (Å²) in [4.78, 5) is 35.8. The van der Waals surface area contributed by atoms with E-state index in [0.29, 0.717) is 71.9 Å². The molecule has 186 valence electrons. The highest BCUT2D eigenvalue weighted by molar-refractivity contribution is 8.26. The number of thioether (sulfide) groups is 1. The maximum absolute atomic E-state index is 13.6. The summed E-state index contributed by atoms with van der Waals surface area (Å²) in [6.45, 7) is 5.29. The van der Waals surface area contributed by atoms with Crippen LogP contribution in [0.1, 0.15) is 51.0 Å². The molecule has 2 aromatic rings. The van der Waals surface area contributed by atoms with Gasteiger partial charge < -0.3 is 14.4 Å². The molecular weight excluding hydrogens is 484 g/mol. The molecule has 0 bridgehead atoms. The van der Waals surface area contributed by atoms with E-state index in [9.17, 15) is 9.59 Å². The number of aromatic nitrogens is 2. The molecule has 35 heavy (non-hydrogen) atoms. The molecule has 0 atom stereocenters. The maximum atomic E-state index is 13.6. The minimum absolute atomic E-state index is 0.134. The number of ether oxygens (including phenoxy) is 2. The summed E-state index contributed by atoms with van der Waals surface area (Å²) in [6, 6.07) is 5.48. The molecule has 5 heterocycles. The second-order valence-corrected chi connectivity index (χ2v) is 10.7. The van der Waals surface area contributed by atoms with Gasteiger partial charge in [0.15, 0.2) is 5.79 Å². The van der Waals surface area contributed by atoms with Gasteiger partial charge in [-0.1, -0.05) is 56.2 Å². The van der Waals surface area contributed by atoms with Crippen molar-refractivity contribution in [3.05, 3.63) is 45.2 Å². The van der Waals surface area contributed by atoms with Gasteiger partial charge in [0.25, 0.3) is 11.5 Å². The lowest BCUT2D eigenvalue weighted by Gasteiger charge is -2.38. The molecule has 5 rings (SSSR count). The van der Waals surface area contributed by atoms with E-state index in [0.717, 1.165) is 25.7 Å². The lowest BCUT2D eigenvalue weighted by atomic mass is 10.0. The Kier molecular flexibility index (Phi) is 7.24. The topological polar surface area (TPSA) is 76.4 Å². The summed E-state index contributed by atoms with van der Waals surface area (Å²) >= 11 is 6.76. The van der Waals surface area contributed by atoms with E-state index in [1.54, 1.807) is 23.2 Å². The van der Waals surface area contributed by atoms with Crippen molar-refractivity contribution in [1.82, 2.24) is 14.3 Å². The van der Waals surface area contributed by atoms with Crippen LogP contribution >= 0.6 is 24.0 Å². The number of fused-ring (bicyclic) bond motifs is 1. The molecule has 0 aliphatic carbocycles. The van der Waals surface area contributed by atoms with Crippen LogP contribution in [0.2, 0.25) is 0 Å². The first-order chi connectivity index (χ1) is 17.0. The van der Waals surface area contributed by atoms with E-state index in [1.807, 2.05) is 12.1 Å².